The molecule has 2 aromatic rings. The van der Waals surface area contributed by atoms with Crippen LogP contribution in [0.1, 0.15) is 19.5 Å². The Kier molecular flexibility index (Phi) is 5.64. The third-order valence-electron chi connectivity index (χ3n) is 2.66. The van der Waals surface area contributed by atoms with Gasteiger partial charge in [0.2, 0.25) is 5.88 Å². The predicted octanol–water partition coefficient (Wildman–Crippen LogP) is 3.92. The lowest BCUT2D eigenvalue weighted by Crippen LogP contribution is -2.19. The number of aromatic nitrogens is 2. The van der Waals surface area contributed by atoms with Gasteiger partial charge < -0.3 is 10.1 Å². The summed E-state index contributed by atoms with van der Waals surface area (Å²) in [6.45, 7) is 5.88. The Labute approximate surface area is 131 Å². The van der Waals surface area contributed by atoms with E-state index in [2.05, 4.69) is 45.3 Å². The van der Waals surface area contributed by atoms with Crippen molar-refractivity contribution < 1.29 is 9.13 Å². The maximum Gasteiger partial charge on any atom is 0.238 e. The minimum absolute atomic E-state index is 0.328. The van der Waals surface area contributed by atoms with Gasteiger partial charge >= 0.3 is 0 Å². The zero-order chi connectivity index (χ0) is 15.2. The largest absolute Gasteiger partial charge is 0.436 e. The molecule has 112 valence electrons. The average Bonchev–Trinajstić information content (AvgIpc) is 2.44. The Morgan fingerprint density at radius 1 is 1.24 bits per heavy atom. The van der Waals surface area contributed by atoms with E-state index in [0.29, 0.717) is 28.6 Å². The molecule has 0 aliphatic carbocycles. The van der Waals surface area contributed by atoms with Crippen LogP contribution in [-0.4, -0.2) is 16.7 Å². The van der Waals surface area contributed by atoms with Crippen molar-refractivity contribution in [2.75, 3.05) is 6.54 Å². The quantitative estimate of drug-likeness (QED) is 0.854. The molecular formula is C15H17BrFN3O. The summed E-state index contributed by atoms with van der Waals surface area (Å²) in [7, 11) is 0. The van der Waals surface area contributed by atoms with Crippen LogP contribution in [0.2, 0.25) is 0 Å². The van der Waals surface area contributed by atoms with Crippen molar-refractivity contribution in [3.8, 4) is 11.6 Å². The fourth-order valence-electron chi connectivity index (χ4n) is 1.65. The van der Waals surface area contributed by atoms with Crippen molar-refractivity contribution >= 4 is 15.9 Å². The molecule has 1 aromatic heterocycles. The molecule has 4 nitrogen and oxygen atoms in total. The normalized spacial score (nSPS) is 10.9. The van der Waals surface area contributed by atoms with Crippen LogP contribution in [0.4, 0.5) is 4.39 Å². The first-order valence-corrected chi connectivity index (χ1v) is 7.50. The number of ether oxygens (including phenoxy) is 1. The van der Waals surface area contributed by atoms with Crippen molar-refractivity contribution in [1.82, 2.24) is 15.5 Å². The van der Waals surface area contributed by atoms with Gasteiger partial charge in [0.05, 0.1) is 10.2 Å². The molecule has 0 saturated carbocycles. The summed E-state index contributed by atoms with van der Waals surface area (Å²) in [6, 6.07) is 7.79. The van der Waals surface area contributed by atoms with Crippen LogP contribution >= 0.6 is 15.9 Å². The SMILES string of the molecule is CC(C)CNCc1ccc(Oc2cc(F)ccc2Br)nn1. The van der Waals surface area contributed by atoms with Crippen molar-refractivity contribution in [3.05, 3.63) is 46.3 Å². The Balaban J connectivity index is 1.97. The van der Waals surface area contributed by atoms with Gasteiger partial charge in [-0.15, -0.1) is 5.10 Å². The maximum atomic E-state index is 13.2. The lowest BCUT2D eigenvalue weighted by molar-refractivity contribution is 0.445. The summed E-state index contributed by atoms with van der Waals surface area (Å²) in [4.78, 5) is 0. The molecule has 0 bridgehead atoms. The van der Waals surface area contributed by atoms with Gasteiger partial charge in [-0.05, 0) is 46.6 Å². The van der Waals surface area contributed by atoms with Gasteiger partial charge in [-0.3, -0.25) is 0 Å². The summed E-state index contributed by atoms with van der Waals surface area (Å²) in [5, 5.41) is 11.4. The van der Waals surface area contributed by atoms with Gasteiger partial charge in [0, 0.05) is 18.7 Å². The summed E-state index contributed by atoms with van der Waals surface area (Å²) in [6.07, 6.45) is 0. The molecule has 1 heterocycles. The van der Waals surface area contributed by atoms with E-state index < -0.39 is 0 Å². The first-order chi connectivity index (χ1) is 10.0. The van der Waals surface area contributed by atoms with E-state index in [1.807, 2.05) is 6.07 Å². The third kappa shape index (κ3) is 5.06. The van der Waals surface area contributed by atoms with Crippen molar-refractivity contribution in [2.24, 2.45) is 5.92 Å². The smallest absolute Gasteiger partial charge is 0.238 e. The first kappa shape index (κ1) is 15.9. The zero-order valence-electron chi connectivity index (χ0n) is 11.9. The number of halogens is 2. The van der Waals surface area contributed by atoms with Crippen molar-refractivity contribution in [2.45, 2.75) is 20.4 Å². The molecule has 0 unspecified atom stereocenters. The number of rotatable bonds is 6. The van der Waals surface area contributed by atoms with E-state index in [1.165, 1.54) is 12.1 Å². The highest BCUT2D eigenvalue weighted by Gasteiger charge is 2.06. The average molecular weight is 354 g/mol. The second-order valence-electron chi connectivity index (χ2n) is 5.06. The molecule has 0 radical (unpaired) electrons. The molecule has 2 rings (SSSR count). The molecule has 0 spiro atoms. The van der Waals surface area contributed by atoms with Crippen LogP contribution in [0.25, 0.3) is 0 Å². The number of nitrogens with one attached hydrogen (secondary N) is 1. The second kappa shape index (κ2) is 7.47. The summed E-state index contributed by atoms with van der Waals surface area (Å²) < 4.78 is 19.3. The molecule has 1 aromatic carbocycles. The van der Waals surface area contributed by atoms with Crippen molar-refractivity contribution in [1.29, 1.82) is 0 Å². The lowest BCUT2D eigenvalue weighted by atomic mass is 10.2. The number of hydrogen-bond donors (Lipinski definition) is 1. The van der Waals surface area contributed by atoms with Gasteiger partial charge in [-0.1, -0.05) is 13.8 Å². The molecule has 0 fully saturated rings. The fraction of sp³-hybridized carbons (Fsp3) is 0.333. The second-order valence-corrected chi connectivity index (χ2v) is 5.92. The summed E-state index contributed by atoms with van der Waals surface area (Å²) >= 11 is 3.30. The Morgan fingerprint density at radius 2 is 2.05 bits per heavy atom. The number of nitrogens with zero attached hydrogens (tertiary/aromatic N) is 2. The van der Waals surface area contributed by atoms with Gasteiger partial charge in [-0.25, -0.2) is 4.39 Å². The molecule has 0 atom stereocenters. The van der Waals surface area contributed by atoms with Crippen LogP contribution in [0.15, 0.2) is 34.8 Å². The van der Waals surface area contributed by atoms with Crippen molar-refractivity contribution in [3.63, 3.8) is 0 Å². The van der Waals surface area contributed by atoms with Gasteiger partial charge in [0.25, 0.3) is 0 Å². The van der Waals surface area contributed by atoms with Crippen LogP contribution in [0, 0.1) is 11.7 Å². The zero-order valence-corrected chi connectivity index (χ0v) is 13.5. The molecule has 0 aliphatic heterocycles. The molecular weight excluding hydrogens is 337 g/mol. The molecule has 1 N–H and O–H groups in total. The predicted molar refractivity (Wildman–Crippen MR) is 82.8 cm³/mol. The molecule has 0 saturated heterocycles. The van der Waals surface area contributed by atoms with Crippen LogP contribution in [0.5, 0.6) is 11.6 Å². The molecule has 0 aliphatic rings. The third-order valence-corrected chi connectivity index (χ3v) is 3.32. The summed E-state index contributed by atoms with van der Waals surface area (Å²) in [5.74, 6) is 0.922. The van der Waals surface area contributed by atoms with Crippen LogP contribution < -0.4 is 10.1 Å². The highest BCUT2D eigenvalue weighted by molar-refractivity contribution is 9.10. The van der Waals surface area contributed by atoms with Gasteiger partial charge in [-0.2, -0.15) is 5.10 Å². The minimum Gasteiger partial charge on any atom is -0.436 e. The maximum absolute atomic E-state index is 13.2. The topological polar surface area (TPSA) is 47.0 Å². The minimum atomic E-state index is -0.365. The van der Waals surface area contributed by atoms with E-state index in [-0.39, 0.29) is 5.82 Å². The molecule has 6 heteroatoms. The molecule has 21 heavy (non-hydrogen) atoms. The number of hydrogen-bond acceptors (Lipinski definition) is 4. The number of benzene rings is 1. The lowest BCUT2D eigenvalue weighted by Gasteiger charge is -2.08. The highest BCUT2D eigenvalue weighted by Crippen LogP contribution is 2.29. The monoisotopic (exact) mass is 353 g/mol. The molecule has 0 amide bonds. The van der Waals surface area contributed by atoms with Crippen LogP contribution in [-0.2, 0) is 6.54 Å². The van der Waals surface area contributed by atoms with E-state index in [1.54, 1.807) is 12.1 Å². The van der Waals surface area contributed by atoms with Gasteiger partial charge in [0.1, 0.15) is 11.6 Å². The van der Waals surface area contributed by atoms with Gasteiger partial charge in [0.15, 0.2) is 0 Å². The summed E-state index contributed by atoms with van der Waals surface area (Å²) in [5.41, 5.74) is 0.835. The van der Waals surface area contributed by atoms with Crippen LogP contribution in [0.3, 0.4) is 0 Å². The van der Waals surface area contributed by atoms with E-state index in [9.17, 15) is 4.39 Å². The first-order valence-electron chi connectivity index (χ1n) is 6.71. The Morgan fingerprint density at radius 3 is 2.71 bits per heavy atom. The van der Waals surface area contributed by atoms with E-state index >= 15 is 0 Å². The van der Waals surface area contributed by atoms with E-state index in [0.717, 1.165) is 12.2 Å². The van der Waals surface area contributed by atoms with E-state index in [4.69, 9.17) is 4.74 Å². The Hall–Kier alpha value is -1.53. The Bertz CT molecular complexity index is 590. The highest BCUT2D eigenvalue weighted by atomic mass is 79.9. The fourth-order valence-corrected chi connectivity index (χ4v) is 1.98. The standard InChI is InChI=1S/C15H17BrFN3O/c1-10(2)8-18-9-12-4-6-15(20-19-12)21-14-7-11(17)3-5-13(14)16/h3-7,10,18H,8-9H2,1-2H3.